The lowest BCUT2D eigenvalue weighted by atomic mass is 10.2. The summed E-state index contributed by atoms with van der Waals surface area (Å²) < 4.78 is 19.6. The molecule has 0 aliphatic heterocycles. The van der Waals surface area contributed by atoms with Gasteiger partial charge in [-0.25, -0.2) is 4.39 Å². The minimum atomic E-state index is -1.03. The molecule has 0 spiro atoms. The van der Waals surface area contributed by atoms with Crippen molar-refractivity contribution >= 4 is 56.4 Å². The molecule has 1 atom stereocenters. The van der Waals surface area contributed by atoms with Crippen molar-refractivity contribution < 1.29 is 18.7 Å². The van der Waals surface area contributed by atoms with E-state index >= 15 is 0 Å². The van der Waals surface area contributed by atoms with Gasteiger partial charge < -0.3 is 4.74 Å². The molecule has 0 unspecified atom stereocenters. The SMILES string of the molecule is C[C@H](Oc1ccccc1F)C(=O)NNC(=O)c1sc2cc(Cl)ccc2c1Cl. The lowest BCUT2D eigenvalue weighted by molar-refractivity contribution is -0.128. The van der Waals surface area contributed by atoms with Crippen LogP contribution < -0.4 is 15.6 Å². The van der Waals surface area contributed by atoms with Crippen molar-refractivity contribution in [1.29, 1.82) is 0 Å². The average molecular weight is 427 g/mol. The summed E-state index contributed by atoms with van der Waals surface area (Å²) in [6.45, 7) is 1.43. The second kappa shape index (κ2) is 8.12. The van der Waals surface area contributed by atoms with Crippen LogP contribution in [0.5, 0.6) is 5.75 Å². The number of benzene rings is 2. The van der Waals surface area contributed by atoms with E-state index in [1.54, 1.807) is 24.3 Å². The zero-order valence-corrected chi connectivity index (χ0v) is 16.2. The van der Waals surface area contributed by atoms with Crippen LogP contribution in [0.25, 0.3) is 10.1 Å². The number of carbonyl (C=O) groups is 2. The molecule has 9 heteroatoms. The van der Waals surface area contributed by atoms with Crippen molar-refractivity contribution in [2.75, 3.05) is 0 Å². The van der Waals surface area contributed by atoms with Crippen molar-refractivity contribution in [2.24, 2.45) is 0 Å². The van der Waals surface area contributed by atoms with Gasteiger partial charge in [-0.1, -0.05) is 41.4 Å². The van der Waals surface area contributed by atoms with Gasteiger partial charge in [0.25, 0.3) is 11.8 Å². The molecule has 0 aliphatic rings. The Bertz CT molecular complexity index is 1030. The highest BCUT2D eigenvalue weighted by molar-refractivity contribution is 7.21. The van der Waals surface area contributed by atoms with Crippen LogP contribution in [-0.2, 0) is 4.79 Å². The summed E-state index contributed by atoms with van der Waals surface area (Å²) in [4.78, 5) is 24.6. The number of carbonyl (C=O) groups excluding carboxylic acids is 2. The smallest absolute Gasteiger partial charge is 0.281 e. The topological polar surface area (TPSA) is 67.4 Å². The fourth-order valence-corrected chi connectivity index (χ4v) is 3.93. The largest absolute Gasteiger partial charge is 0.478 e. The first-order valence-electron chi connectivity index (χ1n) is 7.75. The Kier molecular flexibility index (Phi) is 5.84. The number of halogens is 3. The van der Waals surface area contributed by atoms with Crippen molar-refractivity contribution in [3.8, 4) is 5.75 Å². The third kappa shape index (κ3) is 4.32. The van der Waals surface area contributed by atoms with Crippen LogP contribution in [0.1, 0.15) is 16.6 Å². The normalized spacial score (nSPS) is 11.9. The molecule has 3 aromatic rings. The van der Waals surface area contributed by atoms with Crippen LogP contribution in [0.3, 0.4) is 0 Å². The molecular formula is C18H13Cl2FN2O3S. The third-order valence-electron chi connectivity index (χ3n) is 3.61. The minimum Gasteiger partial charge on any atom is -0.478 e. The van der Waals surface area contributed by atoms with E-state index in [0.717, 1.165) is 16.0 Å². The number of hydrazine groups is 1. The molecule has 2 aromatic carbocycles. The monoisotopic (exact) mass is 426 g/mol. The number of hydrogen-bond acceptors (Lipinski definition) is 4. The molecular weight excluding hydrogens is 414 g/mol. The summed E-state index contributed by atoms with van der Waals surface area (Å²) in [5.41, 5.74) is 4.52. The number of nitrogens with one attached hydrogen (secondary N) is 2. The minimum absolute atomic E-state index is 0.0593. The zero-order valence-electron chi connectivity index (χ0n) is 13.9. The number of para-hydroxylation sites is 1. The van der Waals surface area contributed by atoms with Crippen molar-refractivity contribution in [3.05, 3.63) is 63.2 Å². The molecule has 0 radical (unpaired) electrons. The Hall–Kier alpha value is -2.35. The Morgan fingerprint density at radius 2 is 1.89 bits per heavy atom. The van der Waals surface area contributed by atoms with Crippen LogP contribution >= 0.6 is 34.5 Å². The van der Waals surface area contributed by atoms with Crippen molar-refractivity contribution in [3.63, 3.8) is 0 Å². The predicted molar refractivity (Wildman–Crippen MR) is 104 cm³/mol. The molecule has 1 aromatic heterocycles. The molecule has 140 valence electrons. The Morgan fingerprint density at radius 1 is 1.15 bits per heavy atom. The molecule has 0 fully saturated rings. The number of thiophene rings is 1. The van der Waals surface area contributed by atoms with Crippen LogP contribution in [-0.4, -0.2) is 17.9 Å². The lowest BCUT2D eigenvalue weighted by Gasteiger charge is -2.15. The zero-order chi connectivity index (χ0) is 19.6. The molecule has 5 nitrogen and oxygen atoms in total. The summed E-state index contributed by atoms with van der Waals surface area (Å²) in [6.07, 6.45) is -1.03. The number of ether oxygens (including phenoxy) is 1. The van der Waals surface area contributed by atoms with Gasteiger partial charge in [-0.3, -0.25) is 20.4 Å². The van der Waals surface area contributed by atoms with Crippen LogP contribution in [0.2, 0.25) is 10.0 Å². The summed E-state index contributed by atoms with van der Waals surface area (Å²) in [5.74, 6) is -1.87. The molecule has 2 N–H and O–H groups in total. The Morgan fingerprint density at radius 3 is 2.63 bits per heavy atom. The summed E-state index contributed by atoms with van der Waals surface area (Å²) in [6, 6.07) is 10.8. The highest BCUT2D eigenvalue weighted by Gasteiger charge is 2.20. The molecule has 0 saturated heterocycles. The van der Waals surface area contributed by atoms with Gasteiger partial charge in [0, 0.05) is 15.1 Å². The van der Waals surface area contributed by atoms with E-state index in [9.17, 15) is 14.0 Å². The summed E-state index contributed by atoms with van der Waals surface area (Å²) in [5, 5.41) is 1.49. The Balaban J connectivity index is 1.64. The second-order valence-corrected chi connectivity index (χ2v) is 7.39. The van der Waals surface area contributed by atoms with Gasteiger partial charge in [0.15, 0.2) is 17.7 Å². The summed E-state index contributed by atoms with van der Waals surface area (Å²) in [7, 11) is 0. The first-order chi connectivity index (χ1) is 12.9. The number of amides is 2. The lowest BCUT2D eigenvalue weighted by Crippen LogP contribution is -2.47. The van der Waals surface area contributed by atoms with Crippen molar-refractivity contribution in [2.45, 2.75) is 13.0 Å². The van der Waals surface area contributed by atoms with E-state index in [1.165, 1.54) is 25.1 Å². The maximum absolute atomic E-state index is 13.6. The highest BCUT2D eigenvalue weighted by Crippen LogP contribution is 2.36. The number of rotatable bonds is 4. The molecule has 3 rings (SSSR count). The quantitative estimate of drug-likeness (QED) is 0.600. The van der Waals surface area contributed by atoms with E-state index in [4.69, 9.17) is 27.9 Å². The highest BCUT2D eigenvalue weighted by atomic mass is 35.5. The fraction of sp³-hybridized carbons (Fsp3) is 0.111. The van der Waals surface area contributed by atoms with Gasteiger partial charge in [-0.05, 0) is 31.2 Å². The first-order valence-corrected chi connectivity index (χ1v) is 9.33. The van der Waals surface area contributed by atoms with Gasteiger partial charge >= 0.3 is 0 Å². The third-order valence-corrected chi connectivity index (χ3v) is 5.50. The molecule has 0 aliphatic carbocycles. The predicted octanol–water partition coefficient (Wildman–Crippen LogP) is 4.58. The molecule has 27 heavy (non-hydrogen) atoms. The van der Waals surface area contributed by atoms with Gasteiger partial charge in [0.2, 0.25) is 0 Å². The van der Waals surface area contributed by atoms with E-state index < -0.39 is 23.7 Å². The molecule has 1 heterocycles. The van der Waals surface area contributed by atoms with Crippen LogP contribution in [0, 0.1) is 5.82 Å². The van der Waals surface area contributed by atoms with E-state index in [0.29, 0.717) is 10.4 Å². The van der Waals surface area contributed by atoms with Crippen LogP contribution in [0.4, 0.5) is 4.39 Å². The maximum Gasteiger partial charge on any atom is 0.281 e. The average Bonchev–Trinajstić information content (AvgIpc) is 2.97. The van der Waals surface area contributed by atoms with Gasteiger partial charge in [-0.15, -0.1) is 11.3 Å². The van der Waals surface area contributed by atoms with Gasteiger partial charge in [-0.2, -0.15) is 0 Å². The maximum atomic E-state index is 13.6. The van der Waals surface area contributed by atoms with Crippen LogP contribution in [0.15, 0.2) is 42.5 Å². The fourth-order valence-electron chi connectivity index (χ4n) is 2.25. The molecule has 0 bridgehead atoms. The van der Waals surface area contributed by atoms with Gasteiger partial charge in [0.05, 0.1) is 5.02 Å². The van der Waals surface area contributed by atoms with E-state index in [-0.39, 0.29) is 15.6 Å². The molecule has 2 amide bonds. The standard InChI is InChI=1S/C18H13Cl2FN2O3S/c1-9(26-13-5-3-2-4-12(13)21)17(24)22-23-18(25)16-15(20)11-7-6-10(19)8-14(11)27-16/h2-9H,1H3,(H,22,24)(H,23,25)/t9-/m0/s1. The van der Waals surface area contributed by atoms with Crippen molar-refractivity contribution in [1.82, 2.24) is 10.9 Å². The Labute approximate surface area is 168 Å². The first kappa shape index (κ1) is 19.4. The number of fused-ring (bicyclic) bond motifs is 1. The van der Waals surface area contributed by atoms with E-state index in [1.807, 2.05) is 0 Å². The van der Waals surface area contributed by atoms with E-state index in [2.05, 4.69) is 10.9 Å². The summed E-state index contributed by atoms with van der Waals surface area (Å²) >= 11 is 13.3. The molecule has 0 saturated carbocycles. The van der Waals surface area contributed by atoms with Gasteiger partial charge in [0.1, 0.15) is 4.88 Å². The second-order valence-electron chi connectivity index (χ2n) is 5.52. The number of hydrogen-bond donors (Lipinski definition) is 2.